The van der Waals surface area contributed by atoms with Crippen LogP contribution in [0.1, 0.15) is 41.0 Å². The summed E-state index contributed by atoms with van der Waals surface area (Å²) in [7, 11) is -3.72. The van der Waals surface area contributed by atoms with Crippen molar-refractivity contribution < 1.29 is 27.5 Å². The van der Waals surface area contributed by atoms with Crippen molar-refractivity contribution >= 4 is 21.8 Å². The number of carbonyl (C=O) groups excluding carboxylic acids is 2. The molecule has 0 aromatic heterocycles. The predicted molar refractivity (Wildman–Crippen MR) is 70.3 cm³/mol. The first-order valence-electron chi connectivity index (χ1n) is 6.07. The number of hydrogen-bond acceptors (Lipinski definition) is 6. The molecule has 112 valence electrons. The predicted octanol–water partition coefficient (Wildman–Crippen LogP) is 1.08. The van der Waals surface area contributed by atoms with Gasteiger partial charge in [0.25, 0.3) is 0 Å². The third-order valence-corrected chi connectivity index (χ3v) is 4.14. The number of rotatable bonds is 6. The molecule has 0 aliphatic heterocycles. The molecule has 0 aliphatic rings. The SMILES string of the molecule is CCOC(=O)CC(C)S(=O)(=O)CC(=O)OC(C)(C)C. The Balaban J connectivity index is 4.54. The Labute approximate surface area is 114 Å². The van der Waals surface area contributed by atoms with E-state index in [9.17, 15) is 18.0 Å². The second kappa shape index (κ2) is 6.88. The van der Waals surface area contributed by atoms with E-state index >= 15 is 0 Å². The van der Waals surface area contributed by atoms with Gasteiger partial charge in [0.1, 0.15) is 11.4 Å². The summed E-state index contributed by atoms with van der Waals surface area (Å²) in [6, 6.07) is 0. The molecular formula is C12H22O6S. The highest BCUT2D eigenvalue weighted by molar-refractivity contribution is 7.92. The molecule has 7 heteroatoms. The zero-order valence-corrected chi connectivity index (χ0v) is 12.9. The van der Waals surface area contributed by atoms with Crippen LogP contribution in [0.25, 0.3) is 0 Å². The van der Waals surface area contributed by atoms with Crippen molar-refractivity contribution in [1.29, 1.82) is 0 Å². The second-order valence-corrected chi connectivity index (χ2v) is 7.63. The molecular weight excluding hydrogens is 272 g/mol. The molecule has 1 unspecified atom stereocenters. The number of ether oxygens (including phenoxy) is 2. The molecule has 0 spiro atoms. The maximum atomic E-state index is 11.9. The van der Waals surface area contributed by atoms with E-state index in [4.69, 9.17) is 4.74 Å². The van der Waals surface area contributed by atoms with Crippen LogP contribution >= 0.6 is 0 Å². The Morgan fingerprint density at radius 1 is 1.16 bits per heavy atom. The smallest absolute Gasteiger partial charge is 0.321 e. The van der Waals surface area contributed by atoms with E-state index in [1.807, 2.05) is 0 Å². The summed E-state index contributed by atoms with van der Waals surface area (Å²) in [6.45, 7) is 8.16. The summed E-state index contributed by atoms with van der Waals surface area (Å²) in [5.41, 5.74) is -0.739. The minimum absolute atomic E-state index is 0.192. The van der Waals surface area contributed by atoms with Crippen LogP contribution in [-0.2, 0) is 28.9 Å². The van der Waals surface area contributed by atoms with E-state index in [0.29, 0.717) is 0 Å². The molecule has 0 amide bonds. The Morgan fingerprint density at radius 2 is 1.68 bits per heavy atom. The second-order valence-electron chi connectivity index (χ2n) is 5.21. The van der Waals surface area contributed by atoms with E-state index < -0.39 is 38.4 Å². The molecule has 0 radical (unpaired) electrons. The van der Waals surface area contributed by atoms with Crippen LogP contribution in [0.3, 0.4) is 0 Å². The minimum atomic E-state index is -3.72. The lowest BCUT2D eigenvalue weighted by Crippen LogP contribution is -2.33. The quantitative estimate of drug-likeness (QED) is 0.681. The van der Waals surface area contributed by atoms with Crippen LogP contribution in [0.2, 0.25) is 0 Å². The Morgan fingerprint density at radius 3 is 2.11 bits per heavy atom. The molecule has 0 aromatic rings. The summed E-state index contributed by atoms with van der Waals surface area (Å²) in [5.74, 6) is -2.14. The number of hydrogen-bond donors (Lipinski definition) is 0. The van der Waals surface area contributed by atoms with E-state index in [1.165, 1.54) is 6.92 Å². The van der Waals surface area contributed by atoms with Gasteiger partial charge in [-0.1, -0.05) is 0 Å². The molecule has 0 aliphatic carbocycles. The molecule has 0 heterocycles. The van der Waals surface area contributed by atoms with Crippen molar-refractivity contribution in [3.8, 4) is 0 Å². The number of sulfone groups is 1. The van der Waals surface area contributed by atoms with Gasteiger partial charge in [0.2, 0.25) is 0 Å². The standard InChI is InChI=1S/C12H22O6S/c1-6-17-10(13)7-9(2)19(15,16)8-11(14)18-12(3,4)5/h9H,6-8H2,1-5H3. The molecule has 0 bridgehead atoms. The first-order valence-corrected chi connectivity index (χ1v) is 7.78. The van der Waals surface area contributed by atoms with Gasteiger partial charge in [0.15, 0.2) is 9.84 Å². The molecule has 19 heavy (non-hydrogen) atoms. The minimum Gasteiger partial charge on any atom is -0.466 e. The van der Waals surface area contributed by atoms with Crippen molar-refractivity contribution in [1.82, 2.24) is 0 Å². The fourth-order valence-electron chi connectivity index (χ4n) is 1.26. The molecule has 0 saturated heterocycles. The summed E-state index contributed by atoms with van der Waals surface area (Å²) in [5, 5.41) is -0.973. The van der Waals surface area contributed by atoms with Gasteiger partial charge in [-0.3, -0.25) is 9.59 Å². The van der Waals surface area contributed by atoms with Gasteiger partial charge >= 0.3 is 11.9 Å². The maximum absolute atomic E-state index is 11.9. The van der Waals surface area contributed by atoms with E-state index in [2.05, 4.69) is 4.74 Å². The lowest BCUT2D eigenvalue weighted by molar-refractivity contribution is -0.151. The Kier molecular flexibility index (Phi) is 6.48. The monoisotopic (exact) mass is 294 g/mol. The fourth-order valence-corrected chi connectivity index (χ4v) is 2.32. The van der Waals surface area contributed by atoms with E-state index in [0.717, 1.165) is 0 Å². The summed E-state index contributed by atoms with van der Waals surface area (Å²) >= 11 is 0. The Hall–Kier alpha value is -1.11. The molecule has 6 nitrogen and oxygen atoms in total. The molecule has 0 N–H and O–H groups in total. The largest absolute Gasteiger partial charge is 0.466 e. The highest BCUT2D eigenvalue weighted by Gasteiger charge is 2.29. The van der Waals surface area contributed by atoms with Crippen molar-refractivity contribution in [2.45, 2.75) is 51.9 Å². The maximum Gasteiger partial charge on any atom is 0.321 e. The van der Waals surface area contributed by atoms with Crippen molar-refractivity contribution in [2.75, 3.05) is 12.4 Å². The number of esters is 2. The van der Waals surface area contributed by atoms with Crippen molar-refractivity contribution in [3.63, 3.8) is 0 Å². The molecule has 0 rings (SSSR count). The van der Waals surface area contributed by atoms with Crippen LogP contribution in [0.5, 0.6) is 0 Å². The van der Waals surface area contributed by atoms with Crippen LogP contribution in [0, 0.1) is 0 Å². The lowest BCUT2D eigenvalue weighted by Gasteiger charge is -2.20. The van der Waals surface area contributed by atoms with Gasteiger partial charge in [0, 0.05) is 0 Å². The van der Waals surface area contributed by atoms with Crippen molar-refractivity contribution in [2.24, 2.45) is 0 Å². The van der Waals surface area contributed by atoms with Gasteiger partial charge < -0.3 is 9.47 Å². The summed E-state index contributed by atoms with van der Waals surface area (Å²) in [4.78, 5) is 22.7. The third kappa shape index (κ3) is 7.81. The van der Waals surface area contributed by atoms with Crippen LogP contribution in [-0.4, -0.2) is 43.6 Å². The van der Waals surface area contributed by atoms with Gasteiger partial charge in [-0.2, -0.15) is 0 Å². The fraction of sp³-hybridized carbons (Fsp3) is 0.833. The van der Waals surface area contributed by atoms with Crippen LogP contribution < -0.4 is 0 Å². The zero-order chi connectivity index (χ0) is 15.3. The van der Waals surface area contributed by atoms with Gasteiger partial charge in [-0.05, 0) is 34.6 Å². The summed E-state index contributed by atoms with van der Waals surface area (Å²) < 4.78 is 33.3. The highest BCUT2D eigenvalue weighted by Crippen LogP contribution is 2.12. The molecule has 0 fully saturated rings. The average Bonchev–Trinajstić information content (AvgIpc) is 2.12. The van der Waals surface area contributed by atoms with Gasteiger partial charge in [0.05, 0.1) is 18.3 Å². The van der Waals surface area contributed by atoms with Crippen LogP contribution in [0.4, 0.5) is 0 Å². The highest BCUT2D eigenvalue weighted by atomic mass is 32.2. The third-order valence-electron chi connectivity index (χ3n) is 2.11. The zero-order valence-electron chi connectivity index (χ0n) is 12.1. The van der Waals surface area contributed by atoms with Gasteiger partial charge in [-0.25, -0.2) is 8.42 Å². The lowest BCUT2D eigenvalue weighted by atomic mass is 10.2. The first kappa shape index (κ1) is 17.9. The molecule has 0 aromatic carbocycles. The van der Waals surface area contributed by atoms with Crippen LogP contribution in [0.15, 0.2) is 0 Å². The van der Waals surface area contributed by atoms with Crippen molar-refractivity contribution in [3.05, 3.63) is 0 Å². The topological polar surface area (TPSA) is 86.7 Å². The first-order chi connectivity index (χ1) is 8.48. The number of carbonyl (C=O) groups is 2. The molecule has 1 atom stereocenters. The average molecular weight is 294 g/mol. The van der Waals surface area contributed by atoms with Gasteiger partial charge in [-0.15, -0.1) is 0 Å². The normalized spacial score (nSPS) is 13.7. The van der Waals surface area contributed by atoms with E-state index in [-0.39, 0.29) is 13.0 Å². The molecule has 0 saturated carbocycles. The van der Waals surface area contributed by atoms with E-state index in [1.54, 1.807) is 27.7 Å². The Bertz CT molecular complexity index is 418. The summed E-state index contributed by atoms with van der Waals surface area (Å²) in [6.07, 6.45) is -0.265.